The van der Waals surface area contributed by atoms with Gasteiger partial charge < -0.3 is 4.90 Å². The maximum atomic E-state index is 8.88. The highest BCUT2D eigenvalue weighted by molar-refractivity contribution is 5.61. The summed E-state index contributed by atoms with van der Waals surface area (Å²) in [6, 6.07) is 8.74. The second kappa shape index (κ2) is 4.40. The molecule has 1 atom stereocenters. The van der Waals surface area contributed by atoms with Crippen LogP contribution in [0.25, 0.3) is 6.08 Å². The van der Waals surface area contributed by atoms with Crippen molar-refractivity contribution in [3.05, 3.63) is 35.9 Å². The van der Waals surface area contributed by atoms with E-state index in [9.17, 15) is 0 Å². The first-order chi connectivity index (χ1) is 7.74. The first-order valence-corrected chi connectivity index (χ1v) is 5.62. The fourth-order valence-corrected chi connectivity index (χ4v) is 2.14. The first-order valence-electron chi connectivity index (χ1n) is 5.62. The maximum Gasteiger partial charge on any atom is 0.0675 e. The molecule has 0 amide bonds. The van der Waals surface area contributed by atoms with E-state index < -0.39 is 0 Å². The van der Waals surface area contributed by atoms with Gasteiger partial charge in [0.1, 0.15) is 0 Å². The summed E-state index contributed by atoms with van der Waals surface area (Å²) in [4.78, 5) is 2.28. The van der Waals surface area contributed by atoms with Crippen molar-refractivity contribution >= 4 is 11.8 Å². The van der Waals surface area contributed by atoms with E-state index in [1.807, 2.05) is 6.08 Å². The molecule has 1 aliphatic rings. The molecule has 16 heavy (non-hydrogen) atoms. The third-order valence-corrected chi connectivity index (χ3v) is 3.22. The SMILES string of the molecule is C=Cc1cc(N2CCC(C#N)C2)ccc1C. The van der Waals surface area contributed by atoms with E-state index in [4.69, 9.17) is 5.26 Å². The molecule has 1 heterocycles. The normalized spacial score (nSPS) is 19.5. The zero-order chi connectivity index (χ0) is 11.5. The molecule has 0 aliphatic carbocycles. The maximum absolute atomic E-state index is 8.88. The molecule has 0 saturated carbocycles. The van der Waals surface area contributed by atoms with Crippen molar-refractivity contribution in [2.45, 2.75) is 13.3 Å². The second-order valence-electron chi connectivity index (χ2n) is 4.31. The molecule has 2 nitrogen and oxygen atoms in total. The lowest BCUT2D eigenvalue weighted by atomic mass is 10.1. The average molecular weight is 212 g/mol. The van der Waals surface area contributed by atoms with E-state index in [2.05, 4.69) is 42.7 Å². The van der Waals surface area contributed by atoms with Crippen molar-refractivity contribution in [2.24, 2.45) is 5.92 Å². The van der Waals surface area contributed by atoms with E-state index >= 15 is 0 Å². The highest BCUT2D eigenvalue weighted by Gasteiger charge is 2.22. The Morgan fingerprint density at radius 1 is 1.56 bits per heavy atom. The summed E-state index contributed by atoms with van der Waals surface area (Å²) in [5.74, 6) is 0.188. The van der Waals surface area contributed by atoms with E-state index in [-0.39, 0.29) is 5.92 Å². The Kier molecular flexibility index (Phi) is 2.96. The summed E-state index contributed by atoms with van der Waals surface area (Å²) >= 11 is 0. The second-order valence-corrected chi connectivity index (χ2v) is 4.31. The fourth-order valence-electron chi connectivity index (χ4n) is 2.14. The number of aryl methyl sites for hydroxylation is 1. The van der Waals surface area contributed by atoms with Crippen LogP contribution in [0.15, 0.2) is 24.8 Å². The zero-order valence-corrected chi connectivity index (χ0v) is 9.61. The molecular formula is C14H16N2. The lowest BCUT2D eigenvalue weighted by Crippen LogP contribution is -2.19. The first kappa shape index (κ1) is 10.8. The largest absolute Gasteiger partial charge is 0.370 e. The summed E-state index contributed by atoms with van der Waals surface area (Å²) in [6.45, 7) is 7.75. The summed E-state index contributed by atoms with van der Waals surface area (Å²) in [6.07, 6.45) is 2.87. The highest BCUT2D eigenvalue weighted by atomic mass is 15.1. The van der Waals surface area contributed by atoms with Crippen molar-refractivity contribution in [1.82, 2.24) is 0 Å². The van der Waals surface area contributed by atoms with Gasteiger partial charge in [0.05, 0.1) is 12.0 Å². The molecule has 1 aliphatic heterocycles. The number of anilines is 1. The van der Waals surface area contributed by atoms with Crippen LogP contribution in [0.3, 0.4) is 0 Å². The van der Waals surface area contributed by atoms with Crippen LogP contribution in [0.1, 0.15) is 17.5 Å². The van der Waals surface area contributed by atoms with Gasteiger partial charge >= 0.3 is 0 Å². The van der Waals surface area contributed by atoms with Crippen LogP contribution in [0.4, 0.5) is 5.69 Å². The van der Waals surface area contributed by atoms with E-state index in [1.165, 1.54) is 16.8 Å². The van der Waals surface area contributed by atoms with Crippen molar-refractivity contribution in [2.75, 3.05) is 18.0 Å². The quantitative estimate of drug-likeness (QED) is 0.753. The Morgan fingerprint density at radius 3 is 3.00 bits per heavy atom. The molecule has 1 unspecified atom stereocenters. The zero-order valence-electron chi connectivity index (χ0n) is 9.61. The molecule has 0 radical (unpaired) electrons. The van der Waals surface area contributed by atoms with Gasteiger partial charge in [-0.05, 0) is 36.6 Å². The molecule has 82 valence electrons. The van der Waals surface area contributed by atoms with E-state index in [0.717, 1.165) is 19.5 Å². The Bertz CT molecular complexity index is 443. The molecule has 1 fully saturated rings. The Morgan fingerprint density at radius 2 is 2.38 bits per heavy atom. The minimum absolute atomic E-state index is 0.188. The summed E-state index contributed by atoms with van der Waals surface area (Å²) in [5, 5.41) is 8.88. The smallest absolute Gasteiger partial charge is 0.0675 e. The standard InChI is InChI=1S/C14H16N2/c1-3-13-8-14(5-4-11(13)2)16-7-6-12(9-15)10-16/h3-5,8,12H,1,6-7,10H2,2H3. The predicted molar refractivity (Wildman–Crippen MR) is 67.2 cm³/mol. The predicted octanol–water partition coefficient (Wildman–Crippen LogP) is 2.99. The van der Waals surface area contributed by atoms with Crippen LogP contribution in [0.5, 0.6) is 0 Å². The molecule has 0 spiro atoms. The summed E-state index contributed by atoms with van der Waals surface area (Å²) in [7, 11) is 0. The van der Waals surface area contributed by atoms with Crippen molar-refractivity contribution in [1.29, 1.82) is 5.26 Å². The van der Waals surface area contributed by atoms with Crippen LogP contribution in [0, 0.1) is 24.2 Å². The molecule has 0 aromatic heterocycles. The van der Waals surface area contributed by atoms with Crippen LogP contribution in [-0.4, -0.2) is 13.1 Å². The number of hydrogen-bond donors (Lipinski definition) is 0. The lowest BCUT2D eigenvalue weighted by molar-refractivity contribution is 0.755. The minimum Gasteiger partial charge on any atom is -0.370 e. The Balaban J connectivity index is 2.22. The Hall–Kier alpha value is -1.75. The molecule has 0 bridgehead atoms. The molecule has 2 rings (SSSR count). The summed E-state index contributed by atoms with van der Waals surface area (Å²) in [5.41, 5.74) is 3.63. The highest BCUT2D eigenvalue weighted by Crippen LogP contribution is 2.25. The lowest BCUT2D eigenvalue weighted by Gasteiger charge is -2.18. The van der Waals surface area contributed by atoms with Gasteiger partial charge in [0.2, 0.25) is 0 Å². The average Bonchev–Trinajstić information content (AvgIpc) is 2.78. The van der Waals surface area contributed by atoms with Crippen LogP contribution < -0.4 is 4.90 Å². The van der Waals surface area contributed by atoms with Gasteiger partial charge in [-0.15, -0.1) is 0 Å². The van der Waals surface area contributed by atoms with Gasteiger partial charge in [-0.25, -0.2) is 0 Å². The molecular weight excluding hydrogens is 196 g/mol. The number of rotatable bonds is 2. The summed E-state index contributed by atoms with van der Waals surface area (Å²) < 4.78 is 0. The van der Waals surface area contributed by atoms with Crippen LogP contribution in [-0.2, 0) is 0 Å². The molecule has 1 aromatic rings. The van der Waals surface area contributed by atoms with Gasteiger partial charge in [-0.2, -0.15) is 5.26 Å². The van der Waals surface area contributed by atoms with Crippen LogP contribution in [0.2, 0.25) is 0 Å². The molecule has 0 N–H and O–H groups in total. The van der Waals surface area contributed by atoms with Gasteiger partial charge in [0.15, 0.2) is 0 Å². The third kappa shape index (κ3) is 1.94. The monoisotopic (exact) mass is 212 g/mol. The number of benzene rings is 1. The van der Waals surface area contributed by atoms with Crippen molar-refractivity contribution in [3.8, 4) is 6.07 Å². The molecule has 1 aromatic carbocycles. The minimum atomic E-state index is 0.188. The van der Waals surface area contributed by atoms with E-state index in [0.29, 0.717) is 0 Å². The number of hydrogen-bond acceptors (Lipinski definition) is 2. The van der Waals surface area contributed by atoms with Crippen molar-refractivity contribution in [3.63, 3.8) is 0 Å². The topological polar surface area (TPSA) is 27.0 Å². The van der Waals surface area contributed by atoms with Gasteiger partial charge in [-0.1, -0.05) is 18.7 Å². The third-order valence-electron chi connectivity index (χ3n) is 3.22. The molecule has 1 saturated heterocycles. The van der Waals surface area contributed by atoms with E-state index in [1.54, 1.807) is 0 Å². The van der Waals surface area contributed by atoms with Crippen LogP contribution >= 0.6 is 0 Å². The fraction of sp³-hybridized carbons (Fsp3) is 0.357. The molecule has 2 heteroatoms. The van der Waals surface area contributed by atoms with Gasteiger partial charge in [0, 0.05) is 18.8 Å². The van der Waals surface area contributed by atoms with Crippen molar-refractivity contribution < 1.29 is 0 Å². The Labute approximate surface area is 96.8 Å². The van der Waals surface area contributed by atoms with Gasteiger partial charge in [-0.3, -0.25) is 0 Å². The number of nitrogens with zero attached hydrogens (tertiary/aromatic N) is 2. The number of nitriles is 1. The van der Waals surface area contributed by atoms with Gasteiger partial charge in [0.25, 0.3) is 0 Å².